The summed E-state index contributed by atoms with van der Waals surface area (Å²) < 4.78 is 2.06. The molecule has 64 valence electrons. The molecule has 0 bridgehead atoms. The van der Waals surface area contributed by atoms with Crippen molar-refractivity contribution in [3.63, 3.8) is 0 Å². The number of aryl methyl sites for hydroxylation is 2. The van der Waals surface area contributed by atoms with Crippen molar-refractivity contribution in [2.75, 3.05) is 0 Å². The van der Waals surface area contributed by atoms with Crippen molar-refractivity contribution in [3.8, 4) is 0 Å². The molecule has 0 spiro atoms. The topological polar surface area (TPSA) is 17.8 Å². The Labute approximate surface area is 78.0 Å². The van der Waals surface area contributed by atoms with Gasteiger partial charge in [0.25, 0.3) is 0 Å². The van der Waals surface area contributed by atoms with Crippen molar-refractivity contribution in [2.45, 2.75) is 26.3 Å². The lowest BCUT2D eigenvalue weighted by Gasteiger charge is -1.97. The molecule has 0 aromatic carbocycles. The van der Waals surface area contributed by atoms with Crippen molar-refractivity contribution < 1.29 is 0 Å². The van der Waals surface area contributed by atoms with Gasteiger partial charge in [-0.05, 0) is 13.8 Å². The zero-order valence-corrected chi connectivity index (χ0v) is 8.24. The van der Waals surface area contributed by atoms with Crippen molar-refractivity contribution >= 4 is 24.0 Å². The Morgan fingerprint density at radius 3 is 2.64 bits per heavy atom. The largest absolute Gasteiger partial charge is 0.334 e. The number of rotatable bonds is 2. The first kappa shape index (κ1) is 10.8. The number of hydrogen-bond donors (Lipinski definition) is 0. The van der Waals surface area contributed by atoms with E-state index in [1.54, 1.807) is 0 Å². The molecule has 1 rings (SSSR count). The molecule has 0 saturated heterocycles. The fourth-order valence-corrected chi connectivity index (χ4v) is 1.19. The predicted octanol–water partition coefficient (Wildman–Crippen LogP) is 2.37. The van der Waals surface area contributed by atoms with E-state index in [1.807, 2.05) is 13.1 Å². The van der Waals surface area contributed by atoms with Gasteiger partial charge < -0.3 is 4.57 Å². The van der Waals surface area contributed by atoms with E-state index < -0.39 is 0 Å². The Balaban J connectivity index is 0.000001000. The van der Waals surface area contributed by atoms with Gasteiger partial charge >= 0.3 is 0 Å². The SMILES string of the molecule is CCn1cc(C)nc1CCl.Cl. The van der Waals surface area contributed by atoms with Crippen LogP contribution in [0.2, 0.25) is 0 Å². The van der Waals surface area contributed by atoms with Gasteiger partial charge in [-0.2, -0.15) is 0 Å². The number of hydrogen-bond acceptors (Lipinski definition) is 1. The molecular formula is C7H12Cl2N2. The lowest BCUT2D eigenvalue weighted by atomic mass is 10.6. The van der Waals surface area contributed by atoms with Crippen molar-refractivity contribution in [1.82, 2.24) is 9.55 Å². The van der Waals surface area contributed by atoms with E-state index in [0.717, 1.165) is 18.1 Å². The molecule has 4 heteroatoms. The molecule has 0 amide bonds. The van der Waals surface area contributed by atoms with Crippen LogP contribution >= 0.6 is 24.0 Å². The molecule has 2 nitrogen and oxygen atoms in total. The molecule has 0 aliphatic carbocycles. The molecule has 11 heavy (non-hydrogen) atoms. The monoisotopic (exact) mass is 194 g/mol. The highest BCUT2D eigenvalue weighted by molar-refractivity contribution is 6.16. The summed E-state index contributed by atoms with van der Waals surface area (Å²) in [4.78, 5) is 4.23. The third-order valence-electron chi connectivity index (χ3n) is 1.44. The Bertz CT molecular complexity index is 199. The summed E-state index contributed by atoms with van der Waals surface area (Å²) in [6.07, 6.45) is 2.01. The van der Waals surface area contributed by atoms with Crippen LogP contribution in [0.5, 0.6) is 0 Å². The van der Waals surface area contributed by atoms with Crippen LogP contribution in [0.1, 0.15) is 18.4 Å². The van der Waals surface area contributed by atoms with Gasteiger partial charge in [-0.15, -0.1) is 24.0 Å². The first-order chi connectivity index (χ1) is 4.77. The molecule has 0 N–H and O–H groups in total. The van der Waals surface area contributed by atoms with Crippen LogP contribution < -0.4 is 0 Å². The molecule has 1 aromatic rings. The number of aromatic nitrogens is 2. The molecular weight excluding hydrogens is 183 g/mol. The standard InChI is InChI=1S/C7H11ClN2.ClH/c1-3-10-5-6(2)9-7(10)4-8;/h5H,3-4H2,1-2H3;1H. The number of nitrogens with zero attached hydrogens (tertiary/aromatic N) is 2. The summed E-state index contributed by atoms with van der Waals surface area (Å²) in [6, 6.07) is 0. The number of imidazole rings is 1. The second-order valence-corrected chi connectivity index (χ2v) is 2.49. The van der Waals surface area contributed by atoms with Gasteiger partial charge in [0.15, 0.2) is 0 Å². The quantitative estimate of drug-likeness (QED) is 0.662. The van der Waals surface area contributed by atoms with Crippen LogP contribution in [0.15, 0.2) is 6.20 Å². The van der Waals surface area contributed by atoms with Gasteiger partial charge in [0, 0.05) is 12.7 Å². The maximum absolute atomic E-state index is 5.64. The molecule has 0 aliphatic rings. The maximum atomic E-state index is 5.64. The third-order valence-corrected chi connectivity index (χ3v) is 1.68. The van der Waals surface area contributed by atoms with Crippen LogP contribution in [-0.4, -0.2) is 9.55 Å². The molecule has 1 heterocycles. The maximum Gasteiger partial charge on any atom is 0.123 e. The Hall–Kier alpha value is -0.210. The number of halogens is 2. The van der Waals surface area contributed by atoms with Crippen molar-refractivity contribution in [2.24, 2.45) is 0 Å². The fourth-order valence-electron chi connectivity index (χ4n) is 0.977. The van der Waals surface area contributed by atoms with Crippen LogP contribution in [0.4, 0.5) is 0 Å². The van der Waals surface area contributed by atoms with Crippen LogP contribution in [-0.2, 0) is 12.4 Å². The Morgan fingerprint density at radius 1 is 1.64 bits per heavy atom. The van der Waals surface area contributed by atoms with Gasteiger partial charge in [0.2, 0.25) is 0 Å². The Morgan fingerprint density at radius 2 is 2.27 bits per heavy atom. The summed E-state index contributed by atoms with van der Waals surface area (Å²) in [5.74, 6) is 1.46. The van der Waals surface area contributed by atoms with Gasteiger partial charge in [-0.1, -0.05) is 0 Å². The highest BCUT2D eigenvalue weighted by Gasteiger charge is 2.00. The highest BCUT2D eigenvalue weighted by Crippen LogP contribution is 2.04. The first-order valence-corrected chi connectivity index (χ1v) is 3.90. The molecule has 0 saturated carbocycles. The van der Waals surface area contributed by atoms with Gasteiger partial charge in [-0.3, -0.25) is 0 Å². The molecule has 1 aromatic heterocycles. The normalized spacial score (nSPS) is 9.36. The van der Waals surface area contributed by atoms with Crippen LogP contribution in [0, 0.1) is 6.92 Å². The minimum atomic E-state index is 0. The van der Waals surface area contributed by atoms with E-state index in [2.05, 4.69) is 16.5 Å². The average Bonchev–Trinajstić information content (AvgIpc) is 2.30. The van der Waals surface area contributed by atoms with Crippen LogP contribution in [0.25, 0.3) is 0 Å². The number of alkyl halides is 1. The average molecular weight is 195 g/mol. The zero-order valence-electron chi connectivity index (χ0n) is 6.67. The summed E-state index contributed by atoms with van der Waals surface area (Å²) in [5, 5.41) is 0. The predicted molar refractivity (Wildman–Crippen MR) is 49.4 cm³/mol. The van der Waals surface area contributed by atoms with Gasteiger partial charge in [0.1, 0.15) is 5.82 Å². The highest BCUT2D eigenvalue weighted by atomic mass is 35.5. The molecule has 0 atom stereocenters. The van der Waals surface area contributed by atoms with Crippen molar-refractivity contribution in [1.29, 1.82) is 0 Å². The van der Waals surface area contributed by atoms with E-state index in [9.17, 15) is 0 Å². The lowest BCUT2D eigenvalue weighted by molar-refractivity contribution is 0.724. The second kappa shape index (κ2) is 4.62. The molecule has 0 unspecified atom stereocenters. The second-order valence-electron chi connectivity index (χ2n) is 2.22. The summed E-state index contributed by atoms with van der Waals surface area (Å²) in [6.45, 7) is 5.00. The smallest absolute Gasteiger partial charge is 0.123 e. The van der Waals surface area contributed by atoms with E-state index in [1.165, 1.54) is 0 Å². The van der Waals surface area contributed by atoms with E-state index in [-0.39, 0.29) is 12.4 Å². The van der Waals surface area contributed by atoms with Gasteiger partial charge in [-0.25, -0.2) is 4.98 Å². The molecule has 0 aliphatic heterocycles. The van der Waals surface area contributed by atoms with Gasteiger partial charge in [0.05, 0.1) is 11.6 Å². The van der Waals surface area contributed by atoms with E-state index in [0.29, 0.717) is 5.88 Å². The minimum absolute atomic E-state index is 0. The third kappa shape index (κ3) is 2.38. The van der Waals surface area contributed by atoms with Crippen molar-refractivity contribution in [3.05, 3.63) is 17.7 Å². The zero-order chi connectivity index (χ0) is 7.56. The summed E-state index contributed by atoms with van der Waals surface area (Å²) >= 11 is 5.64. The minimum Gasteiger partial charge on any atom is -0.334 e. The Kier molecular flexibility index (Phi) is 4.54. The first-order valence-electron chi connectivity index (χ1n) is 3.36. The lowest BCUT2D eigenvalue weighted by Crippen LogP contribution is -1.97. The van der Waals surface area contributed by atoms with E-state index >= 15 is 0 Å². The van der Waals surface area contributed by atoms with Crippen LogP contribution in [0.3, 0.4) is 0 Å². The fraction of sp³-hybridized carbons (Fsp3) is 0.571. The molecule has 0 radical (unpaired) electrons. The summed E-state index contributed by atoms with van der Waals surface area (Å²) in [7, 11) is 0. The summed E-state index contributed by atoms with van der Waals surface area (Å²) in [5.41, 5.74) is 1.04. The van der Waals surface area contributed by atoms with E-state index in [4.69, 9.17) is 11.6 Å². The molecule has 0 fully saturated rings.